The monoisotopic (exact) mass is 385 g/mol. The van der Waals surface area contributed by atoms with E-state index in [2.05, 4.69) is 38.0 Å². The topological polar surface area (TPSA) is 72.3 Å². The third-order valence-electron chi connectivity index (χ3n) is 4.89. The van der Waals surface area contributed by atoms with Crippen molar-refractivity contribution in [2.45, 2.75) is 19.5 Å². The molecule has 0 spiro atoms. The average Bonchev–Trinajstić information content (AvgIpc) is 3.38. The van der Waals surface area contributed by atoms with Crippen molar-refractivity contribution in [1.29, 1.82) is 0 Å². The minimum absolute atomic E-state index is 0.0854. The molecule has 142 valence electrons. The SMILES string of the molecule is CCn1nnc2cc(C(=O)NC[C@@H](c3cccs3)N3CCOCC3)ccc21. The van der Waals surface area contributed by atoms with E-state index in [-0.39, 0.29) is 11.9 Å². The van der Waals surface area contributed by atoms with Crippen LogP contribution in [0.25, 0.3) is 11.0 Å². The standard InChI is InChI=1S/C19H23N5O2S/c1-2-24-16-6-5-14(12-15(16)21-22-24)19(25)20-13-17(18-4-3-11-27-18)23-7-9-26-10-8-23/h3-6,11-12,17H,2,7-10,13H2,1H3,(H,20,25)/t17-/m0/s1. The van der Waals surface area contributed by atoms with Gasteiger partial charge in [0, 0.05) is 36.6 Å². The highest BCUT2D eigenvalue weighted by Gasteiger charge is 2.24. The van der Waals surface area contributed by atoms with Crippen molar-refractivity contribution in [3.05, 3.63) is 46.2 Å². The van der Waals surface area contributed by atoms with Crippen LogP contribution in [-0.4, -0.2) is 58.6 Å². The first-order valence-corrected chi connectivity index (χ1v) is 10.1. The summed E-state index contributed by atoms with van der Waals surface area (Å²) in [5, 5.41) is 13.4. The molecule has 0 saturated carbocycles. The van der Waals surface area contributed by atoms with E-state index < -0.39 is 0 Å². The van der Waals surface area contributed by atoms with E-state index in [4.69, 9.17) is 4.74 Å². The van der Waals surface area contributed by atoms with Crippen molar-refractivity contribution in [2.75, 3.05) is 32.8 Å². The maximum absolute atomic E-state index is 12.7. The first-order chi connectivity index (χ1) is 13.3. The molecule has 2 aromatic heterocycles. The maximum atomic E-state index is 12.7. The van der Waals surface area contributed by atoms with Crippen LogP contribution in [0.4, 0.5) is 0 Å². The highest BCUT2D eigenvalue weighted by Crippen LogP contribution is 2.25. The zero-order chi connectivity index (χ0) is 18.6. The van der Waals surface area contributed by atoms with E-state index in [0.29, 0.717) is 12.1 Å². The molecule has 1 aromatic carbocycles. The minimum Gasteiger partial charge on any atom is -0.379 e. The number of carbonyl (C=O) groups is 1. The summed E-state index contributed by atoms with van der Waals surface area (Å²) in [6, 6.07) is 9.90. The van der Waals surface area contributed by atoms with Gasteiger partial charge in [-0.1, -0.05) is 11.3 Å². The lowest BCUT2D eigenvalue weighted by Gasteiger charge is -2.34. The fourth-order valence-corrected chi connectivity index (χ4v) is 4.28. The molecule has 1 aliphatic heterocycles. The van der Waals surface area contributed by atoms with E-state index in [1.54, 1.807) is 17.4 Å². The molecule has 1 fully saturated rings. The number of amides is 1. The molecule has 4 rings (SSSR count). The number of thiophene rings is 1. The van der Waals surface area contributed by atoms with Gasteiger partial charge >= 0.3 is 0 Å². The summed E-state index contributed by atoms with van der Waals surface area (Å²) in [7, 11) is 0. The number of ether oxygens (including phenoxy) is 1. The van der Waals surface area contributed by atoms with E-state index in [0.717, 1.165) is 43.9 Å². The van der Waals surface area contributed by atoms with Gasteiger partial charge in [-0.25, -0.2) is 4.68 Å². The Bertz CT molecular complexity index is 902. The van der Waals surface area contributed by atoms with Gasteiger partial charge in [0.1, 0.15) is 5.52 Å². The van der Waals surface area contributed by atoms with Gasteiger partial charge in [-0.15, -0.1) is 16.4 Å². The summed E-state index contributed by atoms with van der Waals surface area (Å²) in [5.74, 6) is -0.0854. The molecule has 0 unspecified atom stereocenters. The van der Waals surface area contributed by atoms with E-state index >= 15 is 0 Å². The molecule has 7 nitrogen and oxygen atoms in total. The van der Waals surface area contributed by atoms with Crippen molar-refractivity contribution in [3.63, 3.8) is 0 Å². The minimum atomic E-state index is -0.0854. The number of rotatable bonds is 6. The lowest BCUT2D eigenvalue weighted by Crippen LogP contribution is -2.43. The van der Waals surface area contributed by atoms with Crippen LogP contribution in [0.15, 0.2) is 35.7 Å². The second-order valence-electron chi connectivity index (χ2n) is 6.50. The molecule has 1 atom stereocenters. The van der Waals surface area contributed by atoms with Gasteiger partial charge in [0.2, 0.25) is 0 Å². The lowest BCUT2D eigenvalue weighted by molar-refractivity contribution is 0.0169. The molecule has 27 heavy (non-hydrogen) atoms. The molecular weight excluding hydrogens is 362 g/mol. The Labute approximate surface area is 161 Å². The number of benzene rings is 1. The zero-order valence-corrected chi connectivity index (χ0v) is 16.1. The number of hydrogen-bond donors (Lipinski definition) is 1. The van der Waals surface area contributed by atoms with Crippen molar-refractivity contribution >= 4 is 28.3 Å². The highest BCUT2D eigenvalue weighted by atomic mass is 32.1. The van der Waals surface area contributed by atoms with Crippen molar-refractivity contribution in [1.82, 2.24) is 25.2 Å². The summed E-state index contributed by atoms with van der Waals surface area (Å²) >= 11 is 1.72. The van der Waals surface area contributed by atoms with E-state index in [1.807, 2.05) is 23.7 Å². The number of morpholine rings is 1. The van der Waals surface area contributed by atoms with Gasteiger partial charge < -0.3 is 10.1 Å². The first-order valence-electron chi connectivity index (χ1n) is 9.23. The normalized spacial score (nSPS) is 16.5. The van der Waals surface area contributed by atoms with Crippen LogP contribution in [0.2, 0.25) is 0 Å². The summed E-state index contributed by atoms with van der Waals surface area (Å²) in [5.41, 5.74) is 2.30. The zero-order valence-electron chi connectivity index (χ0n) is 15.3. The number of nitrogens with zero attached hydrogens (tertiary/aromatic N) is 4. The Morgan fingerprint density at radius 3 is 2.93 bits per heavy atom. The quantitative estimate of drug-likeness (QED) is 0.705. The number of carbonyl (C=O) groups excluding carboxylic acids is 1. The number of nitrogens with one attached hydrogen (secondary N) is 1. The molecule has 3 heterocycles. The first kappa shape index (κ1) is 18.1. The molecule has 0 aliphatic carbocycles. The summed E-state index contributed by atoms with van der Waals surface area (Å²) in [4.78, 5) is 16.4. The maximum Gasteiger partial charge on any atom is 0.251 e. The van der Waals surface area contributed by atoms with Crippen LogP contribution in [0.5, 0.6) is 0 Å². The van der Waals surface area contributed by atoms with Crippen LogP contribution < -0.4 is 5.32 Å². The molecule has 1 saturated heterocycles. The number of aryl methyl sites for hydroxylation is 1. The smallest absolute Gasteiger partial charge is 0.251 e. The summed E-state index contributed by atoms with van der Waals surface area (Å²) in [6.45, 7) is 6.57. The predicted octanol–water partition coefficient (Wildman–Crippen LogP) is 2.32. The molecule has 1 amide bonds. The summed E-state index contributed by atoms with van der Waals surface area (Å²) < 4.78 is 7.30. The van der Waals surface area contributed by atoms with Crippen LogP contribution in [0, 0.1) is 0 Å². The Balaban J connectivity index is 1.47. The van der Waals surface area contributed by atoms with E-state index in [9.17, 15) is 4.79 Å². The van der Waals surface area contributed by atoms with Crippen molar-refractivity contribution in [2.24, 2.45) is 0 Å². The van der Waals surface area contributed by atoms with Crippen LogP contribution in [0.3, 0.4) is 0 Å². The Hall–Kier alpha value is -2.29. The Morgan fingerprint density at radius 1 is 1.33 bits per heavy atom. The van der Waals surface area contributed by atoms with Gasteiger partial charge in [0.25, 0.3) is 5.91 Å². The summed E-state index contributed by atoms with van der Waals surface area (Å²) in [6.07, 6.45) is 0. The third-order valence-corrected chi connectivity index (χ3v) is 5.86. The van der Waals surface area contributed by atoms with E-state index in [1.165, 1.54) is 4.88 Å². The highest BCUT2D eigenvalue weighted by molar-refractivity contribution is 7.10. The molecule has 3 aromatic rings. The Morgan fingerprint density at radius 2 is 2.19 bits per heavy atom. The number of hydrogen-bond acceptors (Lipinski definition) is 6. The fourth-order valence-electron chi connectivity index (χ4n) is 3.42. The van der Waals surface area contributed by atoms with Gasteiger partial charge in [-0.3, -0.25) is 9.69 Å². The lowest BCUT2D eigenvalue weighted by atomic mass is 10.1. The number of aromatic nitrogens is 3. The molecule has 8 heteroatoms. The van der Waals surface area contributed by atoms with Gasteiger partial charge in [0.05, 0.1) is 24.8 Å². The van der Waals surface area contributed by atoms with Gasteiger partial charge in [-0.2, -0.15) is 0 Å². The molecule has 1 aliphatic rings. The van der Waals surface area contributed by atoms with Crippen LogP contribution in [0.1, 0.15) is 28.2 Å². The van der Waals surface area contributed by atoms with Crippen LogP contribution >= 0.6 is 11.3 Å². The fraction of sp³-hybridized carbons (Fsp3) is 0.421. The molecule has 1 N–H and O–H groups in total. The largest absolute Gasteiger partial charge is 0.379 e. The Kier molecular flexibility index (Phi) is 5.47. The second kappa shape index (κ2) is 8.16. The molecule has 0 bridgehead atoms. The second-order valence-corrected chi connectivity index (χ2v) is 7.48. The third kappa shape index (κ3) is 3.87. The number of fused-ring (bicyclic) bond motifs is 1. The average molecular weight is 385 g/mol. The van der Waals surface area contributed by atoms with Crippen molar-refractivity contribution < 1.29 is 9.53 Å². The van der Waals surface area contributed by atoms with Gasteiger partial charge in [-0.05, 0) is 36.6 Å². The van der Waals surface area contributed by atoms with Crippen LogP contribution in [-0.2, 0) is 11.3 Å². The van der Waals surface area contributed by atoms with Crippen molar-refractivity contribution in [3.8, 4) is 0 Å². The molecule has 0 radical (unpaired) electrons. The van der Waals surface area contributed by atoms with Gasteiger partial charge in [0.15, 0.2) is 0 Å². The predicted molar refractivity (Wildman–Crippen MR) is 105 cm³/mol. The molecular formula is C19H23N5O2S.